The van der Waals surface area contributed by atoms with Crippen molar-refractivity contribution in [3.63, 3.8) is 0 Å². The standard InChI is InChI=1S/C9H15NS/c1-4-6-8-9(5-2)11-7(3)10-8/h10H,3-6H2,1-2H3. The molecule has 2 heteroatoms. The first-order chi connectivity index (χ1) is 5.27. The molecule has 1 nitrogen and oxygen atoms in total. The first-order valence-electron chi connectivity index (χ1n) is 4.13. The van der Waals surface area contributed by atoms with E-state index in [9.17, 15) is 0 Å². The Hall–Kier alpha value is -0.370. The molecule has 0 aromatic carbocycles. The van der Waals surface area contributed by atoms with E-state index in [4.69, 9.17) is 0 Å². The molecule has 1 aliphatic heterocycles. The average Bonchev–Trinajstić information content (AvgIpc) is 2.32. The fourth-order valence-electron chi connectivity index (χ4n) is 1.21. The first-order valence-corrected chi connectivity index (χ1v) is 4.95. The summed E-state index contributed by atoms with van der Waals surface area (Å²) in [4.78, 5) is 1.47. The van der Waals surface area contributed by atoms with Gasteiger partial charge in [0.05, 0.1) is 5.03 Å². The summed E-state index contributed by atoms with van der Waals surface area (Å²) in [5, 5.41) is 4.39. The molecule has 0 fully saturated rings. The second-order valence-electron chi connectivity index (χ2n) is 2.66. The maximum atomic E-state index is 3.90. The van der Waals surface area contributed by atoms with Crippen LogP contribution in [0.15, 0.2) is 22.2 Å². The van der Waals surface area contributed by atoms with E-state index in [0.29, 0.717) is 0 Å². The molecule has 1 N–H and O–H groups in total. The van der Waals surface area contributed by atoms with Crippen LogP contribution in [-0.4, -0.2) is 0 Å². The molecule has 0 saturated heterocycles. The topological polar surface area (TPSA) is 12.0 Å². The highest BCUT2D eigenvalue weighted by molar-refractivity contribution is 8.06. The van der Waals surface area contributed by atoms with Gasteiger partial charge in [-0.2, -0.15) is 0 Å². The van der Waals surface area contributed by atoms with E-state index in [-0.39, 0.29) is 0 Å². The average molecular weight is 169 g/mol. The maximum Gasteiger partial charge on any atom is 0.0696 e. The molecule has 0 aromatic rings. The molecular weight excluding hydrogens is 154 g/mol. The van der Waals surface area contributed by atoms with Crippen LogP contribution in [0.1, 0.15) is 33.1 Å². The van der Waals surface area contributed by atoms with Crippen LogP contribution in [0.3, 0.4) is 0 Å². The third-order valence-corrected chi connectivity index (χ3v) is 2.82. The van der Waals surface area contributed by atoms with Crippen molar-refractivity contribution in [1.29, 1.82) is 0 Å². The molecule has 1 rings (SSSR count). The van der Waals surface area contributed by atoms with E-state index in [1.807, 2.05) is 0 Å². The molecule has 11 heavy (non-hydrogen) atoms. The van der Waals surface area contributed by atoms with Crippen molar-refractivity contribution in [3.8, 4) is 0 Å². The Morgan fingerprint density at radius 2 is 2.18 bits per heavy atom. The molecule has 1 aliphatic rings. The number of thioether (sulfide) groups is 1. The van der Waals surface area contributed by atoms with E-state index in [1.165, 1.54) is 17.0 Å². The lowest BCUT2D eigenvalue weighted by molar-refractivity contribution is 0.830. The summed E-state index contributed by atoms with van der Waals surface area (Å²) in [7, 11) is 0. The molecule has 0 saturated carbocycles. The Morgan fingerprint density at radius 3 is 2.73 bits per heavy atom. The minimum atomic E-state index is 1.09. The van der Waals surface area contributed by atoms with E-state index in [2.05, 4.69) is 25.7 Å². The van der Waals surface area contributed by atoms with Crippen molar-refractivity contribution in [2.75, 3.05) is 0 Å². The highest BCUT2D eigenvalue weighted by Gasteiger charge is 2.14. The zero-order valence-corrected chi connectivity index (χ0v) is 8.05. The third-order valence-electron chi connectivity index (χ3n) is 1.69. The van der Waals surface area contributed by atoms with Gasteiger partial charge in [0, 0.05) is 10.6 Å². The van der Waals surface area contributed by atoms with Gasteiger partial charge in [-0.15, -0.1) is 0 Å². The highest BCUT2D eigenvalue weighted by atomic mass is 32.2. The Balaban J connectivity index is 2.63. The molecule has 62 valence electrons. The minimum absolute atomic E-state index is 1.09. The zero-order chi connectivity index (χ0) is 8.27. The van der Waals surface area contributed by atoms with Crippen LogP contribution in [0.25, 0.3) is 0 Å². The van der Waals surface area contributed by atoms with Gasteiger partial charge in [0.2, 0.25) is 0 Å². The van der Waals surface area contributed by atoms with Gasteiger partial charge in [0.1, 0.15) is 0 Å². The lowest BCUT2D eigenvalue weighted by atomic mass is 10.2. The summed E-state index contributed by atoms with van der Waals surface area (Å²) >= 11 is 1.79. The van der Waals surface area contributed by atoms with E-state index in [1.54, 1.807) is 11.8 Å². The van der Waals surface area contributed by atoms with Crippen LogP contribution in [-0.2, 0) is 0 Å². The first kappa shape index (κ1) is 8.72. The molecule has 0 aromatic heterocycles. The van der Waals surface area contributed by atoms with Crippen molar-refractivity contribution in [1.82, 2.24) is 5.32 Å². The lowest BCUT2D eigenvalue weighted by Crippen LogP contribution is -2.03. The highest BCUT2D eigenvalue weighted by Crippen LogP contribution is 2.35. The minimum Gasteiger partial charge on any atom is -0.353 e. The Kier molecular flexibility index (Phi) is 3.06. The van der Waals surface area contributed by atoms with Crippen LogP contribution in [0.5, 0.6) is 0 Å². The Morgan fingerprint density at radius 1 is 1.45 bits per heavy atom. The van der Waals surface area contributed by atoms with Gasteiger partial charge in [-0.25, -0.2) is 0 Å². The van der Waals surface area contributed by atoms with Crippen LogP contribution >= 0.6 is 11.8 Å². The molecule has 0 amide bonds. The van der Waals surface area contributed by atoms with Gasteiger partial charge in [0.25, 0.3) is 0 Å². The molecule has 0 unspecified atom stereocenters. The van der Waals surface area contributed by atoms with Crippen LogP contribution in [0, 0.1) is 0 Å². The molecule has 0 aliphatic carbocycles. The van der Waals surface area contributed by atoms with Gasteiger partial charge in [-0.05, 0) is 12.8 Å². The quantitative estimate of drug-likeness (QED) is 0.696. The molecule has 0 bridgehead atoms. The second kappa shape index (κ2) is 3.86. The van der Waals surface area contributed by atoms with Gasteiger partial charge >= 0.3 is 0 Å². The SMILES string of the molecule is C=C1NC(CCC)=C(CC)S1. The molecule has 0 radical (unpaired) electrons. The van der Waals surface area contributed by atoms with E-state index >= 15 is 0 Å². The molecule has 0 atom stereocenters. The second-order valence-corrected chi connectivity index (χ2v) is 3.85. The number of allylic oxidation sites excluding steroid dienone is 2. The zero-order valence-electron chi connectivity index (χ0n) is 7.24. The van der Waals surface area contributed by atoms with Crippen molar-refractivity contribution >= 4 is 11.8 Å². The predicted octanol–water partition coefficient (Wildman–Crippen LogP) is 3.22. The fourth-order valence-corrected chi connectivity index (χ4v) is 2.10. The largest absolute Gasteiger partial charge is 0.353 e. The van der Waals surface area contributed by atoms with Crippen LogP contribution in [0.2, 0.25) is 0 Å². The summed E-state index contributed by atoms with van der Waals surface area (Å²) in [5.74, 6) is 0. The molecule has 0 spiro atoms. The summed E-state index contributed by atoms with van der Waals surface area (Å²) in [5.41, 5.74) is 1.39. The van der Waals surface area contributed by atoms with Crippen molar-refractivity contribution in [2.45, 2.75) is 33.1 Å². The van der Waals surface area contributed by atoms with E-state index in [0.717, 1.165) is 17.9 Å². The smallest absolute Gasteiger partial charge is 0.0696 e. The number of hydrogen-bond acceptors (Lipinski definition) is 2. The summed E-state index contributed by atoms with van der Waals surface area (Å²) in [6.07, 6.45) is 3.50. The van der Waals surface area contributed by atoms with Crippen molar-refractivity contribution in [3.05, 3.63) is 22.2 Å². The third kappa shape index (κ3) is 2.03. The normalized spacial score (nSPS) is 17.5. The molecular formula is C9H15NS. The molecule has 1 heterocycles. The number of nitrogens with one attached hydrogen (secondary N) is 1. The van der Waals surface area contributed by atoms with Gasteiger partial charge in [-0.1, -0.05) is 38.6 Å². The van der Waals surface area contributed by atoms with Crippen LogP contribution < -0.4 is 5.32 Å². The van der Waals surface area contributed by atoms with Gasteiger partial charge in [0.15, 0.2) is 0 Å². The van der Waals surface area contributed by atoms with Gasteiger partial charge in [-0.3, -0.25) is 0 Å². The number of hydrogen-bond donors (Lipinski definition) is 1. The van der Waals surface area contributed by atoms with Crippen molar-refractivity contribution < 1.29 is 0 Å². The summed E-state index contributed by atoms with van der Waals surface area (Å²) in [6.45, 7) is 8.29. The summed E-state index contributed by atoms with van der Waals surface area (Å²) < 4.78 is 0. The number of rotatable bonds is 3. The predicted molar refractivity (Wildman–Crippen MR) is 52.1 cm³/mol. The summed E-state index contributed by atoms with van der Waals surface area (Å²) in [6, 6.07) is 0. The Labute approximate surface area is 72.9 Å². The maximum absolute atomic E-state index is 3.90. The van der Waals surface area contributed by atoms with Gasteiger partial charge < -0.3 is 5.32 Å². The monoisotopic (exact) mass is 169 g/mol. The van der Waals surface area contributed by atoms with Crippen molar-refractivity contribution in [2.24, 2.45) is 0 Å². The van der Waals surface area contributed by atoms with Crippen LogP contribution in [0.4, 0.5) is 0 Å². The lowest BCUT2D eigenvalue weighted by Gasteiger charge is -2.01. The van der Waals surface area contributed by atoms with E-state index < -0.39 is 0 Å². The fraction of sp³-hybridized carbons (Fsp3) is 0.556. The Bertz CT molecular complexity index is 194.